The van der Waals surface area contributed by atoms with Gasteiger partial charge in [0.1, 0.15) is 0 Å². The van der Waals surface area contributed by atoms with Crippen molar-refractivity contribution in [3.05, 3.63) is 35.9 Å². The van der Waals surface area contributed by atoms with Gasteiger partial charge in [0.15, 0.2) is 0 Å². The summed E-state index contributed by atoms with van der Waals surface area (Å²) in [7, 11) is 0. The highest BCUT2D eigenvalue weighted by Crippen LogP contribution is 2.26. The highest BCUT2D eigenvalue weighted by Gasteiger charge is 2.24. The number of benzene rings is 1. The topological polar surface area (TPSA) is 35.5 Å². The zero-order valence-corrected chi connectivity index (χ0v) is 12.8. The highest BCUT2D eigenvalue weighted by molar-refractivity contribution is 5.20. The smallest absolute Gasteiger partial charge is 0.0585 e. The van der Waals surface area contributed by atoms with E-state index in [1.54, 1.807) is 0 Å². The van der Waals surface area contributed by atoms with Gasteiger partial charge in [0.25, 0.3) is 0 Å². The molecule has 1 aromatic carbocycles. The Balaban J connectivity index is 1.76. The Kier molecular flexibility index (Phi) is 6.02. The second-order valence-corrected chi connectivity index (χ2v) is 6.19. The van der Waals surface area contributed by atoms with Gasteiger partial charge in [-0.25, -0.2) is 0 Å². The Morgan fingerprint density at radius 3 is 2.70 bits per heavy atom. The van der Waals surface area contributed by atoms with Crippen molar-refractivity contribution in [2.45, 2.75) is 44.7 Å². The first kappa shape index (κ1) is 15.5. The van der Waals surface area contributed by atoms with E-state index in [1.165, 1.54) is 18.5 Å². The largest absolute Gasteiger partial charge is 0.395 e. The fourth-order valence-corrected chi connectivity index (χ4v) is 3.07. The Hall–Kier alpha value is -0.900. The molecule has 1 aromatic rings. The molecular weight excluding hydrogens is 248 g/mol. The first-order valence-corrected chi connectivity index (χ1v) is 7.83. The maximum Gasteiger partial charge on any atom is 0.0585 e. The molecule has 2 N–H and O–H groups in total. The maximum atomic E-state index is 9.40. The van der Waals surface area contributed by atoms with Crippen LogP contribution in [0.3, 0.4) is 0 Å². The van der Waals surface area contributed by atoms with Gasteiger partial charge in [-0.05, 0) is 37.4 Å². The molecule has 2 atom stereocenters. The van der Waals surface area contributed by atoms with Crippen LogP contribution >= 0.6 is 0 Å². The van der Waals surface area contributed by atoms with E-state index < -0.39 is 0 Å². The van der Waals surface area contributed by atoms with Gasteiger partial charge >= 0.3 is 0 Å². The number of likely N-dealkylation sites (tertiary alicyclic amines) is 1. The Morgan fingerprint density at radius 2 is 2.05 bits per heavy atom. The standard InChI is InChI=1S/C17H28N2O/c1-14(2)18-17(13-20)9-11-19-10-8-16(12-19)15-6-4-3-5-7-15/h3-7,14,16-18,20H,8-13H2,1-2H3. The minimum absolute atomic E-state index is 0.228. The van der Waals surface area contributed by atoms with Crippen molar-refractivity contribution in [3.63, 3.8) is 0 Å². The summed E-state index contributed by atoms with van der Waals surface area (Å²) in [5.74, 6) is 0.682. The van der Waals surface area contributed by atoms with Gasteiger partial charge in [-0.1, -0.05) is 44.2 Å². The van der Waals surface area contributed by atoms with Crippen LogP contribution in [0.15, 0.2) is 30.3 Å². The van der Waals surface area contributed by atoms with Crippen LogP contribution in [0.4, 0.5) is 0 Å². The van der Waals surface area contributed by atoms with Crippen LogP contribution in [0.25, 0.3) is 0 Å². The van der Waals surface area contributed by atoms with Gasteiger partial charge in [0.2, 0.25) is 0 Å². The molecule has 0 bridgehead atoms. The molecule has 1 heterocycles. The SMILES string of the molecule is CC(C)NC(CO)CCN1CCC(c2ccccc2)C1. The normalized spacial score (nSPS) is 21.5. The summed E-state index contributed by atoms with van der Waals surface area (Å²) in [6.07, 6.45) is 2.28. The summed E-state index contributed by atoms with van der Waals surface area (Å²) in [6.45, 7) is 7.90. The number of hydrogen-bond donors (Lipinski definition) is 2. The van der Waals surface area contributed by atoms with Crippen molar-refractivity contribution in [2.75, 3.05) is 26.2 Å². The first-order chi connectivity index (χ1) is 9.69. The minimum atomic E-state index is 0.228. The van der Waals surface area contributed by atoms with Crippen molar-refractivity contribution in [2.24, 2.45) is 0 Å². The summed E-state index contributed by atoms with van der Waals surface area (Å²) in [6, 6.07) is 11.5. The summed E-state index contributed by atoms with van der Waals surface area (Å²) < 4.78 is 0. The number of hydrogen-bond acceptors (Lipinski definition) is 3. The Bertz CT molecular complexity index is 380. The molecule has 0 aromatic heterocycles. The van der Waals surface area contributed by atoms with Gasteiger partial charge in [-0.2, -0.15) is 0 Å². The maximum absolute atomic E-state index is 9.40. The van der Waals surface area contributed by atoms with Gasteiger partial charge in [0.05, 0.1) is 6.61 Å². The second kappa shape index (κ2) is 7.77. The predicted molar refractivity (Wildman–Crippen MR) is 84.0 cm³/mol. The van der Waals surface area contributed by atoms with Gasteiger partial charge in [-0.15, -0.1) is 0 Å². The fraction of sp³-hybridized carbons (Fsp3) is 0.647. The molecule has 0 spiro atoms. The molecular formula is C17H28N2O. The molecule has 1 fully saturated rings. The molecule has 0 saturated carbocycles. The van der Waals surface area contributed by atoms with Crippen molar-refractivity contribution in [3.8, 4) is 0 Å². The summed E-state index contributed by atoms with van der Waals surface area (Å²) in [5, 5.41) is 12.8. The monoisotopic (exact) mass is 276 g/mol. The van der Waals surface area contributed by atoms with Gasteiger partial charge in [-0.3, -0.25) is 0 Å². The van der Waals surface area contributed by atoms with E-state index in [4.69, 9.17) is 0 Å². The third kappa shape index (κ3) is 4.58. The third-order valence-electron chi connectivity index (χ3n) is 4.13. The van der Waals surface area contributed by atoms with E-state index in [-0.39, 0.29) is 12.6 Å². The van der Waals surface area contributed by atoms with E-state index in [1.807, 2.05) is 0 Å². The molecule has 0 aliphatic carbocycles. The van der Waals surface area contributed by atoms with Crippen molar-refractivity contribution in [1.29, 1.82) is 0 Å². The predicted octanol–water partition coefficient (Wildman–Crippen LogP) is 2.22. The van der Waals surface area contributed by atoms with E-state index in [9.17, 15) is 5.11 Å². The van der Waals surface area contributed by atoms with E-state index >= 15 is 0 Å². The van der Waals surface area contributed by atoms with E-state index in [2.05, 4.69) is 54.4 Å². The van der Waals surface area contributed by atoms with Gasteiger partial charge in [0, 0.05) is 18.6 Å². The molecule has 0 radical (unpaired) electrons. The molecule has 20 heavy (non-hydrogen) atoms. The zero-order chi connectivity index (χ0) is 14.4. The molecule has 1 aliphatic rings. The summed E-state index contributed by atoms with van der Waals surface area (Å²) >= 11 is 0. The number of rotatable bonds is 7. The first-order valence-electron chi connectivity index (χ1n) is 7.83. The van der Waals surface area contributed by atoms with Crippen LogP contribution in [0.5, 0.6) is 0 Å². The molecule has 1 saturated heterocycles. The van der Waals surface area contributed by atoms with Crippen molar-refractivity contribution in [1.82, 2.24) is 10.2 Å². The van der Waals surface area contributed by atoms with Crippen LogP contribution < -0.4 is 5.32 Å². The molecule has 3 nitrogen and oxygen atoms in total. The second-order valence-electron chi connectivity index (χ2n) is 6.19. The molecule has 112 valence electrons. The number of nitrogens with zero attached hydrogens (tertiary/aromatic N) is 1. The molecule has 3 heteroatoms. The number of aliphatic hydroxyl groups excluding tert-OH is 1. The molecule has 0 amide bonds. The molecule has 2 rings (SSSR count). The van der Waals surface area contributed by atoms with Crippen LogP contribution in [0.2, 0.25) is 0 Å². The minimum Gasteiger partial charge on any atom is -0.395 e. The quantitative estimate of drug-likeness (QED) is 0.801. The van der Waals surface area contributed by atoms with Crippen LogP contribution in [0, 0.1) is 0 Å². The molecule has 2 unspecified atom stereocenters. The average molecular weight is 276 g/mol. The Labute approximate surface area is 123 Å². The summed E-state index contributed by atoms with van der Waals surface area (Å²) in [4.78, 5) is 2.53. The number of aliphatic hydroxyl groups is 1. The van der Waals surface area contributed by atoms with E-state index in [0.29, 0.717) is 12.0 Å². The lowest BCUT2D eigenvalue weighted by Gasteiger charge is -2.22. The number of nitrogens with one attached hydrogen (secondary N) is 1. The third-order valence-corrected chi connectivity index (χ3v) is 4.13. The zero-order valence-electron chi connectivity index (χ0n) is 12.8. The molecule has 1 aliphatic heterocycles. The Morgan fingerprint density at radius 1 is 1.30 bits per heavy atom. The van der Waals surface area contributed by atoms with Crippen LogP contribution in [-0.4, -0.2) is 48.3 Å². The van der Waals surface area contributed by atoms with Gasteiger partial charge < -0.3 is 15.3 Å². The van der Waals surface area contributed by atoms with E-state index in [0.717, 1.165) is 19.5 Å². The lowest BCUT2D eigenvalue weighted by atomic mass is 9.99. The lowest BCUT2D eigenvalue weighted by molar-refractivity contribution is 0.210. The summed E-state index contributed by atoms with van der Waals surface area (Å²) in [5.41, 5.74) is 1.47. The van der Waals surface area contributed by atoms with Crippen LogP contribution in [0.1, 0.15) is 38.2 Å². The fourth-order valence-electron chi connectivity index (χ4n) is 3.07. The highest BCUT2D eigenvalue weighted by atomic mass is 16.3. The average Bonchev–Trinajstić information content (AvgIpc) is 2.93. The lowest BCUT2D eigenvalue weighted by Crippen LogP contribution is -2.40. The van der Waals surface area contributed by atoms with Crippen LogP contribution in [-0.2, 0) is 0 Å². The van der Waals surface area contributed by atoms with Crippen molar-refractivity contribution >= 4 is 0 Å². The van der Waals surface area contributed by atoms with Crippen molar-refractivity contribution < 1.29 is 5.11 Å².